The van der Waals surface area contributed by atoms with E-state index < -0.39 is 14.3 Å². The van der Waals surface area contributed by atoms with Crippen molar-refractivity contribution < 1.29 is 9.72 Å². The summed E-state index contributed by atoms with van der Waals surface area (Å²) in [7, 11) is 0. The number of amides is 1. The molecule has 0 aromatic heterocycles. The van der Waals surface area contributed by atoms with E-state index >= 15 is 0 Å². The summed E-state index contributed by atoms with van der Waals surface area (Å²) in [5.74, 6) is -0.349. The van der Waals surface area contributed by atoms with Gasteiger partial charge in [-0.1, -0.05) is 42.5 Å². The second kappa shape index (κ2) is 6.11. The van der Waals surface area contributed by atoms with E-state index in [0.29, 0.717) is 5.56 Å². The largest absolute Gasteiger partial charge is 0.350 e. The Labute approximate surface area is 138 Å². The van der Waals surface area contributed by atoms with Crippen LogP contribution in [0.4, 0.5) is 0 Å². The Bertz CT molecular complexity index is 698. The number of nitrogens with one attached hydrogen (secondary N) is 1. The zero-order valence-corrected chi connectivity index (χ0v) is 14.2. The molecule has 2 aromatic rings. The molecule has 1 atom stereocenters. The number of carbonyl (C=O) groups is 1. The average Bonchev–Trinajstić information content (AvgIpc) is 2.44. The van der Waals surface area contributed by atoms with Crippen molar-refractivity contribution in [1.29, 1.82) is 0 Å². The van der Waals surface area contributed by atoms with Gasteiger partial charge in [0, 0.05) is 38.8 Å². The summed E-state index contributed by atoms with van der Waals surface area (Å²) in [4.78, 5) is 22.3. The van der Waals surface area contributed by atoms with Gasteiger partial charge in [-0.25, -0.2) is 0 Å². The molecule has 0 bridgehead atoms. The number of benzene rings is 2. The quantitative estimate of drug-likeness (QED) is 0.358. The first-order valence-electron chi connectivity index (χ1n) is 6.11. The van der Waals surface area contributed by atoms with E-state index in [9.17, 15) is 14.9 Å². The van der Waals surface area contributed by atoms with Gasteiger partial charge in [-0.2, -0.15) is 0 Å². The smallest absolute Gasteiger partial charge is 0.341 e. The lowest BCUT2D eigenvalue weighted by Gasteiger charge is -2.25. The lowest BCUT2D eigenvalue weighted by molar-refractivity contribution is -0.509. The van der Waals surface area contributed by atoms with Gasteiger partial charge in [0.25, 0.3) is 0 Å². The molecular formula is C14H12Br2N2O3. The van der Waals surface area contributed by atoms with Gasteiger partial charge in [-0.05, 0) is 16.3 Å². The minimum Gasteiger partial charge on any atom is -0.341 e. The summed E-state index contributed by atoms with van der Waals surface area (Å²) in [6.07, 6.45) is 0. The molecule has 0 saturated heterocycles. The number of halogens is 2. The van der Waals surface area contributed by atoms with Gasteiger partial charge >= 0.3 is 3.36 Å². The van der Waals surface area contributed by atoms with Gasteiger partial charge in [0.15, 0.2) is 0 Å². The minimum absolute atomic E-state index is 0.349. The summed E-state index contributed by atoms with van der Waals surface area (Å²) in [6.45, 7) is 1.33. The predicted octanol–water partition coefficient (Wildman–Crippen LogP) is 3.74. The van der Waals surface area contributed by atoms with Crippen molar-refractivity contribution in [2.45, 2.75) is 16.3 Å². The third kappa shape index (κ3) is 3.24. The van der Waals surface area contributed by atoms with Gasteiger partial charge in [0.2, 0.25) is 5.91 Å². The van der Waals surface area contributed by atoms with Crippen LogP contribution >= 0.6 is 31.9 Å². The monoisotopic (exact) mass is 414 g/mol. The Morgan fingerprint density at radius 1 is 1.24 bits per heavy atom. The van der Waals surface area contributed by atoms with E-state index in [2.05, 4.69) is 37.2 Å². The summed E-state index contributed by atoms with van der Waals surface area (Å²) in [5, 5.41) is 15.7. The van der Waals surface area contributed by atoms with Gasteiger partial charge < -0.3 is 5.32 Å². The molecular weight excluding hydrogens is 404 g/mol. The number of fused-ring (bicyclic) bond motifs is 1. The molecule has 0 fully saturated rings. The highest BCUT2D eigenvalue weighted by atomic mass is 79.9. The molecule has 110 valence electrons. The molecule has 2 aromatic carbocycles. The molecule has 21 heavy (non-hydrogen) atoms. The third-order valence-electron chi connectivity index (χ3n) is 3.07. The molecule has 0 heterocycles. The van der Waals surface area contributed by atoms with Crippen LogP contribution in [0.15, 0.2) is 42.5 Å². The van der Waals surface area contributed by atoms with Gasteiger partial charge in [-0.15, -0.1) is 0 Å². The fraction of sp³-hybridized carbons (Fsp3) is 0.214. The molecule has 1 N–H and O–H groups in total. The number of carbonyl (C=O) groups excluding carboxylic acids is 1. The van der Waals surface area contributed by atoms with Crippen molar-refractivity contribution in [1.82, 2.24) is 5.32 Å². The van der Waals surface area contributed by atoms with Crippen LogP contribution in [-0.4, -0.2) is 14.2 Å². The molecule has 0 aliphatic carbocycles. The standard InChI is InChI=1S/C14H12Br2N2O3/c1-9(19)17-13(14(15,16)18(20)21)12-8-4-6-10-5-2-3-7-11(10)12/h2-8,13H,1H3,(H,17,19). The molecule has 7 heteroatoms. The molecule has 0 aliphatic heterocycles. The van der Waals surface area contributed by atoms with Crippen molar-refractivity contribution in [2.75, 3.05) is 0 Å². The van der Waals surface area contributed by atoms with Crippen LogP contribution in [0.25, 0.3) is 10.8 Å². The molecule has 5 nitrogen and oxygen atoms in total. The van der Waals surface area contributed by atoms with E-state index in [1.54, 1.807) is 6.07 Å². The number of nitrogens with zero attached hydrogens (tertiary/aromatic N) is 1. The lowest BCUT2D eigenvalue weighted by atomic mass is 9.98. The van der Waals surface area contributed by atoms with Crippen molar-refractivity contribution in [2.24, 2.45) is 0 Å². The molecule has 0 aliphatic rings. The SMILES string of the molecule is CC(=O)NC(c1cccc2ccccc12)C(Br)(Br)[N+](=O)[O-]. The number of nitro groups is 1. The van der Waals surface area contributed by atoms with Gasteiger partial charge in [0.1, 0.15) is 6.04 Å². The minimum atomic E-state index is -1.68. The Morgan fingerprint density at radius 2 is 1.86 bits per heavy atom. The highest BCUT2D eigenvalue weighted by Crippen LogP contribution is 2.42. The van der Waals surface area contributed by atoms with Gasteiger partial charge in [-0.3, -0.25) is 14.9 Å². The zero-order valence-electron chi connectivity index (χ0n) is 11.0. The van der Waals surface area contributed by atoms with Gasteiger partial charge in [0.05, 0.1) is 4.92 Å². The Kier molecular flexibility index (Phi) is 4.63. The lowest BCUT2D eigenvalue weighted by Crippen LogP contribution is -2.42. The fourth-order valence-electron chi connectivity index (χ4n) is 2.16. The topological polar surface area (TPSA) is 72.2 Å². The van der Waals surface area contributed by atoms with Crippen molar-refractivity contribution in [3.05, 3.63) is 58.1 Å². The second-order valence-corrected chi connectivity index (χ2v) is 8.03. The normalized spacial score (nSPS) is 12.9. The first-order valence-corrected chi connectivity index (χ1v) is 7.69. The van der Waals surface area contributed by atoms with Crippen molar-refractivity contribution >= 4 is 48.5 Å². The molecule has 0 spiro atoms. The average molecular weight is 416 g/mol. The Morgan fingerprint density at radius 3 is 2.48 bits per heavy atom. The van der Waals surface area contributed by atoms with Crippen molar-refractivity contribution in [3.8, 4) is 0 Å². The predicted molar refractivity (Wildman–Crippen MR) is 88.1 cm³/mol. The Hall–Kier alpha value is -1.47. The third-order valence-corrected chi connectivity index (χ3v) is 4.57. The fourth-order valence-corrected chi connectivity index (χ4v) is 2.88. The maximum atomic E-state index is 11.5. The van der Waals surface area contributed by atoms with E-state index in [1.165, 1.54) is 6.92 Å². The maximum Gasteiger partial charge on any atom is 0.350 e. The van der Waals surface area contributed by atoms with Crippen LogP contribution in [-0.2, 0) is 4.79 Å². The van der Waals surface area contributed by atoms with E-state index in [4.69, 9.17) is 0 Å². The number of rotatable bonds is 4. The van der Waals surface area contributed by atoms with E-state index in [0.717, 1.165) is 10.8 Å². The van der Waals surface area contributed by atoms with Crippen LogP contribution in [0.3, 0.4) is 0 Å². The summed E-state index contributed by atoms with van der Waals surface area (Å²) in [6, 6.07) is 12.2. The summed E-state index contributed by atoms with van der Waals surface area (Å²) >= 11 is 6.13. The summed E-state index contributed by atoms with van der Waals surface area (Å²) in [5.41, 5.74) is 0.661. The summed E-state index contributed by atoms with van der Waals surface area (Å²) < 4.78 is -1.68. The highest BCUT2D eigenvalue weighted by Gasteiger charge is 2.47. The highest BCUT2D eigenvalue weighted by molar-refractivity contribution is 9.25. The van der Waals surface area contributed by atoms with Crippen LogP contribution in [0.5, 0.6) is 0 Å². The second-order valence-electron chi connectivity index (χ2n) is 4.55. The van der Waals surface area contributed by atoms with E-state index in [-0.39, 0.29) is 5.91 Å². The first-order chi connectivity index (χ1) is 9.84. The van der Waals surface area contributed by atoms with E-state index in [1.807, 2.05) is 36.4 Å². The maximum absolute atomic E-state index is 11.5. The molecule has 0 saturated carbocycles. The number of alkyl halides is 2. The first kappa shape index (κ1) is 15.9. The molecule has 0 radical (unpaired) electrons. The van der Waals surface area contributed by atoms with Crippen LogP contribution in [0, 0.1) is 10.1 Å². The van der Waals surface area contributed by atoms with Crippen LogP contribution < -0.4 is 5.32 Å². The zero-order chi connectivity index (χ0) is 15.6. The van der Waals surface area contributed by atoms with Crippen molar-refractivity contribution in [3.63, 3.8) is 0 Å². The number of hydrogen-bond donors (Lipinski definition) is 1. The molecule has 1 unspecified atom stereocenters. The molecule has 2 rings (SSSR count). The Balaban J connectivity index is 2.64. The van der Waals surface area contributed by atoms with Crippen LogP contribution in [0.1, 0.15) is 18.5 Å². The van der Waals surface area contributed by atoms with Crippen LogP contribution in [0.2, 0.25) is 0 Å². The molecule has 1 amide bonds. The number of hydrogen-bond acceptors (Lipinski definition) is 3.